The maximum atomic E-state index is 12.9. The van der Waals surface area contributed by atoms with Crippen LogP contribution in [0.2, 0.25) is 0 Å². The average Bonchev–Trinajstić information content (AvgIpc) is 3.16. The summed E-state index contributed by atoms with van der Waals surface area (Å²) >= 11 is 1.13. The van der Waals surface area contributed by atoms with Crippen molar-refractivity contribution in [2.75, 3.05) is 18.4 Å². The Kier molecular flexibility index (Phi) is 6.34. The van der Waals surface area contributed by atoms with Gasteiger partial charge in [-0.2, -0.15) is 23.4 Å². The van der Waals surface area contributed by atoms with Crippen LogP contribution in [-0.4, -0.2) is 28.3 Å². The van der Waals surface area contributed by atoms with Crippen LogP contribution < -0.4 is 10.0 Å². The van der Waals surface area contributed by atoms with Gasteiger partial charge in [-0.25, -0.2) is 4.31 Å². The highest BCUT2D eigenvalue weighted by atomic mass is 32.2. The van der Waals surface area contributed by atoms with E-state index in [1.165, 1.54) is 6.07 Å². The number of anilines is 2. The standard InChI is InChI=1S/C18H18F3N5O2S/c1-11-2-3-13(18(19,20)21)8-14(11)23-17-24-15(10-28-17)16(27)25-29-26-6-4-12(9-22)5-7-26/h2-3,8,10,12H,4-7H2,1H3,(H,23,24)(H,25,27). The molecule has 29 heavy (non-hydrogen) atoms. The number of aromatic nitrogens is 1. The van der Waals surface area contributed by atoms with Crippen molar-refractivity contribution in [3.8, 4) is 6.07 Å². The number of carbonyl (C=O) groups excluding carboxylic acids is 1. The zero-order valence-electron chi connectivity index (χ0n) is 15.4. The molecule has 1 amide bonds. The molecule has 1 aromatic heterocycles. The number of benzene rings is 1. The number of alkyl halides is 3. The van der Waals surface area contributed by atoms with Gasteiger partial charge in [-0.15, -0.1) is 0 Å². The van der Waals surface area contributed by atoms with Crippen LogP contribution in [-0.2, 0) is 6.18 Å². The molecule has 0 spiro atoms. The molecule has 1 saturated heterocycles. The van der Waals surface area contributed by atoms with Crippen molar-refractivity contribution in [2.24, 2.45) is 5.92 Å². The Labute approximate surface area is 169 Å². The van der Waals surface area contributed by atoms with E-state index in [-0.39, 0.29) is 23.3 Å². The first-order valence-electron chi connectivity index (χ1n) is 8.78. The van der Waals surface area contributed by atoms with Gasteiger partial charge < -0.3 is 9.73 Å². The van der Waals surface area contributed by atoms with E-state index in [1.807, 2.05) is 4.31 Å². The van der Waals surface area contributed by atoms with Gasteiger partial charge in [0.1, 0.15) is 6.26 Å². The van der Waals surface area contributed by atoms with E-state index >= 15 is 0 Å². The van der Waals surface area contributed by atoms with Crippen LogP contribution in [0.4, 0.5) is 24.9 Å². The summed E-state index contributed by atoms with van der Waals surface area (Å²) in [4.78, 5) is 16.2. The summed E-state index contributed by atoms with van der Waals surface area (Å²) in [6, 6.07) is 5.44. The van der Waals surface area contributed by atoms with Gasteiger partial charge in [-0.05, 0) is 37.5 Å². The molecule has 0 radical (unpaired) electrons. The quantitative estimate of drug-likeness (QED) is 0.691. The molecular formula is C18H18F3N5O2S. The zero-order valence-corrected chi connectivity index (χ0v) is 16.2. The Morgan fingerprint density at radius 1 is 1.38 bits per heavy atom. The summed E-state index contributed by atoms with van der Waals surface area (Å²) in [5, 5.41) is 11.6. The van der Waals surface area contributed by atoms with Crippen LogP contribution in [0.25, 0.3) is 0 Å². The van der Waals surface area contributed by atoms with Crippen LogP contribution in [0.1, 0.15) is 34.5 Å². The third-order valence-electron chi connectivity index (χ3n) is 4.45. The minimum absolute atomic E-state index is 0.00320. The summed E-state index contributed by atoms with van der Waals surface area (Å²) in [6.45, 7) is 3.01. The second-order valence-corrected chi connectivity index (χ2v) is 7.45. The lowest BCUT2D eigenvalue weighted by Crippen LogP contribution is -2.32. The van der Waals surface area contributed by atoms with E-state index in [4.69, 9.17) is 9.68 Å². The van der Waals surface area contributed by atoms with Crippen molar-refractivity contribution in [3.63, 3.8) is 0 Å². The van der Waals surface area contributed by atoms with Gasteiger partial charge in [0.15, 0.2) is 5.69 Å². The SMILES string of the molecule is Cc1ccc(C(F)(F)F)cc1Nc1nc(C(=O)NSN2CCC(C#N)CC2)co1. The molecule has 0 saturated carbocycles. The second-order valence-electron chi connectivity index (χ2n) is 6.55. The molecular weight excluding hydrogens is 407 g/mol. The summed E-state index contributed by atoms with van der Waals surface area (Å²) in [5.41, 5.74) is -0.0508. The highest BCUT2D eigenvalue weighted by molar-refractivity contribution is 7.95. The topological polar surface area (TPSA) is 94.2 Å². The Bertz CT molecular complexity index is 917. The Morgan fingerprint density at radius 2 is 2.10 bits per heavy atom. The highest BCUT2D eigenvalue weighted by Gasteiger charge is 2.31. The van der Waals surface area contributed by atoms with Gasteiger partial charge in [0.25, 0.3) is 11.9 Å². The number of nitrogens with one attached hydrogen (secondary N) is 2. The number of nitriles is 1. The average molecular weight is 425 g/mol. The maximum Gasteiger partial charge on any atom is 0.416 e. The number of aryl methyl sites for hydroxylation is 1. The number of rotatable bonds is 5. The molecule has 7 nitrogen and oxygen atoms in total. The number of nitrogens with zero attached hydrogens (tertiary/aromatic N) is 3. The molecule has 2 N–H and O–H groups in total. The van der Waals surface area contributed by atoms with E-state index in [2.05, 4.69) is 21.1 Å². The number of piperidine rings is 1. The van der Waals surface area contributed by atoms with Gasteiger partial charge in [0.2, 0.25) is 0 Å². The summed E-state index contributed by atoms with van der Waals surface area (Å²) in [5.74, 6) is -0.444. The lowest BCUT2D eigenvalue weighted by Gasteiger charge is -2.27. The summed E-state index contributed by atoms with van der Waals surface area (Å²) in [7, 11) is 0. The molecule has 0 bridgehead atoms. The van der Waals surface area contributed by atoms with Crippen LogP contribution in [0, 0.1) is 24.2 Å². The molecule has 0 unspecified atom stereocenters. The molecule has 2 heterocycles. The number of hydrogen-bond donors (Lipinski definition) is 2. The number of amides is 1. The predicted molar refractivity (Wildman–Crippen MR) is 101 cm³/mol. The van der Waals surface area contributed by atoms with E-state index in [1.54, 1.807) is 6.92 Å². The van der Waals surface area contributed by atoms with E-state index in [0.29, 0.717) is 18.7 Å². The van der Waals surface area contributed by atoms with Gasteiger partial charge in [0, 0.05) is 36.8 Å². The maximum absolute atomic E-state index is 12.9. The number of oxazole rings is 1. The highest BCUT2D eigenvalue weighted by Crippen LogP contribution is 2.33. The first-order valence-corrected chi connectivity index (χ1v) is 9.56. The molecule has 1 aromatic carbocycles. The van der Waals surface area contributed by atoms with Gasteiger partial charge in [-0.3, -0.25) is 9.52 Å². The summed E-state index contributed by atoms with van der Waals surface area (Å²) < 4.78 is 48.4. The number of halogens is 3. The molecule has 0 atom stereocenters. The first kappa shape index (κ1) is 21.0. The Balaban J connectivity index is 1.58. The lowest BCUT2D eigenvalue weighted by atomic mass is 10.0. The van der Waals surface area contributed by atoms with Gasteiger partial charge in [-0.1, -0.05) is 6.07 Å². The van der Waals surface area contributed by atoms with E-state index in [0.717, 1.165) is 43.4 Å². The fraction of sp³-hybridized carbons (Fsp3) is 0.389. The molecule has 1 fully saturated rings. The molecule has 3 rings (SSSR count). The fourth-order valence-corrected chi connectivity index (χ4v) is 3.43. The predicted octanol–water partition coefficient (Wildman–Crippen LogP) is 4.27. The largest absolute Gasteiger partial charge is 0.431 e. The smallest absolute Gasteiger partial charge is 0.416 e. The van der Waals surface area contributed by atoms with E-state index < -0.39 is 17.6 Å². The van der Waals surface area contributed by atoms with Crippen molar-refractivity contribution < 1.29 is 22.4 Å². The minimum atomic E-state index is -4.47. The van der Waals surface area contributed by atoms with Gasteiger partial charge in [0.05, 0.1) is 11.6 Å². The van der Waals surface area contributed by atoms with Crippen molar-refractivity contribution in [1.82, 2.24) is 14.0 Å². The number of hydrogen-bond acceptors (Lipinski definition) is 7. The third kappa shape index (κ3) is 5.42. The normalized spacial score (nSPS) is 15.7. The third-order valence-corrected chi connectivity index (χ3v) is 5.35. The van der Waals surface area contributed by atoms with Gasteiger partial charge >= 0.3 is 6.18 Å². The number of carbonyl (C=O) groups is 1. The van der Waals surface area contributed by atoms with Crippen molar-refractivity contribution in [3.05, 3.63) is 41.3 Å². The Hall–Kier alpha value is -2.71. The van der Waals surface area contributed by atoms with E-state index in [9.17, 15) is 18.0 Å². The monoisotopic (exact) mass is 425 g/mol. The molecule has 11 heteroatoms. The van der Waals surface area contributed by atoms with Crippen molar-refractivity contribution in [2.45, 2.75) is 25.9 Å². The molecule has 2 aromatic rings. The van der Waals surface area contributed by atoms with Crippen LogP contribution in [0.15, 0.2) is 28.9 Å². The molecule has 0 aliphatic carbocycles. The first-order chi connectivity index (χ1) is 13.8. The second kappa shape index (κ2) is 8.75. The summed E-state index contributed by atoms with van der Waals surface area (Å²) in [6.07, 6.45) is -1.85. The Morgan fingerprint density at radius 3 is 2.76 bits per heavy atom. The lowest BCUT2D eigenvalue weighted by molar-refractivity contribution is -0.137. The zero-order chi connectivity index (χ0) is 21.0. The van der Waals surface area contributed by atoms with Crippen LogP contribution in [0.5, 0.6) is 0 Å². The minimum Gasteiger partial charge on any atom is -0.431 e. The van der Waals surface area contributed by atoms with Crippen LogP contribution in [0.3, 0.4) is 0 Å². The molecule has 1 aliphatic rings. The van der Waals surface area contributed by atoms with Crippen LogP contribution >= 0.6 is 12.1 Å². The fourth-order valence-electron chi connectivity index (χ4n) is 2.72. The van der Waals surface area contributed by atoms with Crippen molar-refractivity contribution in [1.29, 1.82) is 5.26 Å². The van der Waals surface area contributed by atoms with Crippen molar-refractivity contribution >= 4 is 29.7 Å². The molecule has 154 valence electrons. The molecule has 1 aliphatic heterocycles.